The molecule has 0 heterocycles. The molecule has 0 unspecified atom stereocenters. The van der Waals surface area contributed by atoms with Gasteiger partial charge in [0.25, 0.3) is 0 Å². The van der Waals surface area contributed by atoms with E-state index in [1.54, 1.807) is 0 Å². The van der Waals surface area contributed by atoms with Gasteiger partial charge in [-0.15, -0.1) is 0 Å². The Labute approximate surface area is 72.4 Å². The summed E-state index contributed by atoms with van der Waals surface area (Å²) >= 11 is 0. The predicted octanol–water partition coefficient (Wildman–Crippen LogP) is 1.28. The third kappa shape index (κ3) is 2.47. The Morgan fingerprint density at radius 3 is 2.75 bits per heavy atom. The molecule has 0 fully saturated rings. The lowest BCUT2D eigenvalue weighted by Crippen LogP contribution is -1.97. The van der Waals surface area contributed by atoms with Gasteiger partial charge in [-0.25, -0.2) is 0 Å². The average Bonchev–Trinajstić information content (AvgIpc) is 2.15. The lowest BCUT2D eigenvalue weighted by Gasteiger charge is -2.00. The van der Waals surface area contributed by atoms with Gasteiger partial charge in [-0.2, -0.15) is 0 Å². The molecule has 12 heavy (non-hydrogen) atoms. The first kappa shape index (κ1) is 8.94. The molecule has 0 saturated heterocycles. The van der Waals surface area contributed by atoms with Crippen LogP contribution in [-0.4, -0.2) is 6.29 Å². The molecule has 2 nitrogen and oxygen atoms in total. The Hall–Kier alpha value is -1.15. The summed E-state index contributed by atoms with van der Waals surface area (Å²) in [4.78, 5) is 10.1. The molecule has 0 radical (unpaired) electrons. The van der Waals surface area contributed by atoms with E-state index in [0.29, 0.717) is 13.0 Å². The Bertz CT molecular complexity index is 258. The van der Waals surface area contributed by atoms with Crippen LogP contribution in [0.2, 0.25) is 0 Å². The van der Waals surface area contributed by atoms with Gasteiger partial charge in [0, 0.05) is 13.0 Å². The van der Waals surface area contributed by atoms with E-state index in [1.807, 2.05) is 24.3 Å². The Morgan fingerprint density at radius 1 is 1.33 bits per heavy atom. The van der Waals surface area contributed by atoms with E-state index in [0.717, 1.165) is 18.3 Å². The van der Waals surface area contributed by atoms with Gasteiger partial charge in [-0.1, -0.05) is 24.3 Å². The highest BCUT2D eigenvalue weighted by molar-refractivity contribution is 5.50. The SMILES string of the molecule is NCc1cccc(CCC=O)c1. The van der Waals surface area contributed by atoms with Crippen molar-refractivity contribution in [2.24, 2.45) is 5.73 Å². The van der Waals surface area contributed by atoms with Crippen LogP contribution in [0.5, 0.6) is 0 Å². The van der Waals surface area contributed by atoms with Gasteiger partial charge in [-0.3, -0.25) is 0 Å². The molecular formula is C10H13NO. The molecule has 64 valence electrons. The Morgan fingerprint density at radius 2 is 2.08 bits per heavy atom. The molecule has 0 aliphatic carbocycles. The normalized spacial score (nSPS) is 9.75. The van der Waals surface area contributed by atoms with Crippen LogP contribution < -0.4 is 5.73 Å². The molecule has 1 aromatic rings. The van der Waals surface area contributed by atoms with Crippen LogP contribution >= 0.6 is 0 Å². The van der Waals surface area contributed by atoms with E-state index >= 15 is 0 Å². The standard InChI is InChI=1S/C10H13NO/c11-8-10-4-1-3-9(7-10)5-2-6-12/h1,3-4,6-7H,2,5,8,11H2. The zero-order valence-corrected chi connectivity index (χ0v) is 6.99. The predicted molar refractivity (Wildman–Crippen MR) is 48.7 cm³/mol. The van der Waals surface area contributed by atoms with E-state index in [9.17, 15) is 4.79 Å². The molecule has 0 saturated carbocycles. The fraction of sp³-hybridized carbons (Fsp3) is 0.300. The van der Waals surface area contributed by atoms with Crippen molar-refractivity contribution in [3.05, 3.63) is 35.4 Å². The van der Waals surface area contributed by atoms with Gasteiger partial charge >= 0.3 is 0 Å². The monoisotopic (exact) mass is 163 g/mol. The fourth-order valence-electron chi connectivity index (χ4n) is 1.14. The maximum atomic E-state index is 10.1. The highest BCUT2D eigenvalue weighted by atomic mass is 16.1. The van der Waals surface area contributed by atoms with Gasteiger partial charge in [0.1, 0.15) is 6.29 Å². The zero-order chi connectivity index (χ0) is 8.81. The number of hydrogen-bond acceptors (Lipinski definition) is 2. The van der Waals surface area contributed by atoms with Gasteiger partial charge in [0.2, 0.25) is 0 Å². The summed E-state index contributed by atoms with van der Waals surface area (Å²) in [6, 6.07) is 8.03. The largest absolute Gasteiger partial charge is 0.326 e. The average molecular weight is 163 g/mol. The number of carbonyl (C=O) groups excluding carboxylic acids is 1. The number of carbonyl (C=O) groups is 1. The lowest BCUT2D eigenvalue weighted by atomic mass is 10.1. The second kappa shape index (κ2) is 4.67. The zero-order valence-electron chi connectivity index (χ0n) is 6.99. The van der Waals surface area contributed by atoms with Crippen LogP contribution in [0.1, 0.15) is 17.5 Å². The number of rotatable bonds is 4. The van der Waals surface area contributed by atoms with Crippen LogP contribution in [0.4, 0.5) is 0 Å². The van der Waals surface area contributed by atoms with Crippen molar-refractivity contribution in [3.63, 3.8) is 0 Å². The molecule has 0 aliphatic rings. The Kier molecular flexibility index (Phi) is 3.48. The van der Waals surface area contributed by atoms with Crippen LogP contribution in [-0.2, 0) is 17.8 Å². The second-order valence-corrected chi connectivity index (χ2v) is 2.73. The van der Waals surface area contributed by atoms with Crippen molar-refractivity contribution in [1.82, 2.24) is 0 Å². The third-order valence-electron chi connectivity index (χ3n) is 1.78. The summed E-state index contributed by atoms with van der Waals surface area (Å²) in [5, 5.41) is 0. The molecule has 0 atom stereocenters. The lowest BCUT2D eigenvalue weighted by molar-refractivity contribution is -0.107. The smallest absolute Gasteiger partial charge is 0.120 e. The van der Waals surface area contributed by atoms with Gasteiger partial charge in [-0.05, 0) is 17.5 Å². The molecule has 0 bridgehead atoms. The molecule has 1 rings (SSSR count). The van der Waals surface area contributed by atoms with Crippen molar-refractivity contribution in [2.45, 2.75) is 19.4 Å². The number of nitrogens with two attached hydrogens (primary N) is 1. The molecule has 0 aliphatic heterocycles. The van der Waals surface area contributed by atoms with Crippen molar-refractivity contribution in [2.75, 3.05) is 0 Å². The van der Waals surface area contributed by atoms with E-state index in [4.69, 9.17) is 5.73 Å². The molecule has 0 aromatic heterocycles. The summed E-state index contributed by atoms with van der Waals surface area (Å²) in [5.74, 6) is 0. The van der Waals surface area contributed by atoms with E-state index in [2.05, 4.69) is 0 Å². The summed E-state index contributed by atoms with van der Waals surface area (Å²) in [6.07, 6.45) is 2.35. The molecule has 0 spiro atoms. The maximum absolute atomic E-state index is 10.1. The van der Waals surface area contributed by atoms with Crippen molar-refractivity contribution in [3.8, 4) is 0 Å². The first-order chi connectivity index (χ1) is 5.86. The molecule has 2 heteroatoms. The van der Waals surface area contributed by atoms with Crippen LogP contribution in [0.3, 0.4) is 0 Å². The topological polar surface area (TPSA) is 43.1 Å². The number of hydrogen-bond donors (Lipinski definition) is 1. The third-order valence-corrected chi connectivity index (χ3v) is 1.78. The summed E-state index contributed by atoms with van der Waals surface area (Å²) in [5.41, 5.74) is 7.79. The first-order valence-corrected chi connectivity index (χ1v) is 4.08. The van der Waals surface area contributed by atoms with Gasteiger partial charge in [0.05, 0.1) is 0 Å². The van der Waals surface area contributed by atoms with Gasteiger partial charge in [0.15, 0.2) is 0 Å². The minimum absolute atomic E-state index is 0.564. The van der Waals surface area contributed by atoms with Gasteiger partial charge < -0.3 is 10.5 Å². The minimum Gasteiger partial charge on any atom is -0.326 e. The van der Waals surface area contributed by atoms with Crippen molar-refractivity contribution < 1.29 is 4.79 Å². The number of aryl methyl sites for hydroxylation is 1. The second-order valence-electron chi connectivity index (χ2n) is 2.73. The van der Waals surface area contributed by atoms with E-state index in [-0.39, 0.29) is 0 Å². The van der Waals surface area contributed by atoms with Crippen molar-refractivity contribution in [1.29, 1.82) is 0 Å². The summed E-state index contributed by atoms with van der Waals surface area (Å²) in [7, 11) is 0. The summed E-state index contributed by atoms with van der Waals surface area (Å²) in [6.45, 7) is 0.564. The van der Waals surface area contributed by atoms with Crippen LogP contribution in [0.15, 0.2) is 24.3 Å². The molecule has 2 N–H and O–H groups in total. The Balaban J connectivity index is 2.65. The minimum atomic E-state index is 0.564. The van der Waals surface area contributed by atoms with Crippen LogP contribution in [0.25, 0.3) is 0 Å². The molecular weight excluding hydrogens is 150 g/mol. The highest BCUT2D eigenvalue weighted by Gasteiger charge is 1.93. The number of aldehydes is 1. The maximum Gasteiger partial charge on any atom is 0.120 e. The number of benzene rings is 1. The molecule has 1 aromatic carbocycles. The molecule has 0 amide bonds. The van der Waals surface area contributed by atoms with Crippen LogP contribution in [0, 0.1) is 0 Å². The summed E-state index contributed by atoms with van der Waals surface area (Å²) < 4.78 is 0. The van der Waals surface area contributed by atoms with Crippen molar-refractivity contribution >= 4 is 6.29 Å². The van der Waals surface area contributed by atoms with E-state index < -0.39 is 0 Å². The first-order valence-electron chi connectivity index (χ1n) is 4.08. The van der Waals surface area contributed by atoms with E-state index in [1.165, 1.54) is 5.56 Å². The fourth-order valence-corrected chi connectivity index (χ4v) is 1.14. The quantitative estimate of drug-likeness (QED) is 0.679. The highest BCUT2D eigenvalue weighted by Crippen LogP contribution is 2.06.